The highest BCUT2D eigenvalue weighted by Crippen LogP contribution is 2.35. The Kier molecular flexibility index (Phi) is 8.23. The average Bonchev–Trinajstić information content (AvgIpc) is 3.58. The van der Waals surface area contributed by atoms with Crippen LogP contribution in [0.3, 0.4) is 0 Å². The number of aryl methyl sites for hydroxylation is 1. The minimum atomic E-state index is -0.851. The largest absolute Gasteiger partial charge is 0.351 e. The van der Waals surface area contributed by atoms with E-state index in [1.165, 1.54) is 16.7 Å². The molecule has 2 aliphatic rings. The van der Waals surface area contributed by atoms with Crippen LogP contribution in [0.4, 0.5) is 5.69 Å². The van der Waals surface area contributed by atoms with E-state index in [0.29, 0.717) is 36.2 Å². The van der Waals surface area contributed by atoms with Gasteiger partial charge in [0, 0.05) is 17.0 Å². The highest BCUT2D eigenvalue weighted by molar-refractivity contribution is 8.15. The Balaban J connectivity index is 1.30. The number of carbonyl (C=O) groups is 3. The summed E-state index contributed by atoms with van der Waals surface area (Å²) in [6.07, 6.45) is 0.493. The molecule has 2 N–H and O–H groups in total. The van der Waals surface area contributed by atoms with Crippen molar-refractivity contribution in [3.8, 4) is 0 Å². The number of benzene rings is 2. The van der Waals surface area contributed by atoms with Gasteiger partial charge in [0.25, 0.3) is 5.91 Å². The first kappa shape index (κ1) is 26.8. The van der Waals surface area contributed by atoms with Gasteiger partial charge in [-0.15, -0.1) is 11.3 Å². The Morgan fingerprint density at radius 1 is 1.05 bits per heavy atom. The maximum atomic E-state index is 13.5. The summed E-state index contributed by atoms with van der Waals surface area (Å²) in [4.78, 5) is 51.2. The number of hydrogen-bond donors (Lipinski definition) is 2. The average molecular weight is 560 g/mol. The number of nitrogens with one attached hydrogen (secondary N) is 2. The molecule has 5 rings (SSSR count). The summed E-state index contributed by atoms with van der Waals surface area (Å²) in [5.74, 6) is -0.211. The lowest BCUT2D eigenvalue weighted by Gasteiger charge is -2.27. The van der Waals surface area contributed by atoms with Crippen molar-refractivity contribution in [2.75, 3.05) is 0 Å². The van der Waals surface area contributed by atoms with Crippen LogP contribution in [0.1, 0.15) is 41.3 Å². The van der Waals surface area contributed by atoms with Gasteiger partial charge in [0.2, 0.25) is 11.8 Å². The number of amidine groups is 2. The maximum absolute atomic E-state index is 13.5. The lowest BCUT2D eigenvalue weighted by atomic mass is 10.1. The number of aliphatic imine (C=N–C) groups is 2. The van der Waals surface area contributed by atoms with E-state index in [2.05, 4.69) is 15.6 Å². The van der Waals surface area contributed by atoms with E-state index in [9.17, 15) is 14.4 Å². The molecule has 2 aliphatic heterocycles. The second-order valence-corrected chi connectivity index (χ2v) is 11.5. The normalized spacial score (nSPS) is 16.6. The van der Waals surface area contributed by atoms with Crippen molar-refractivity contribution in [2.45, 2.75) is 51.1 Å². The molecule has 0 saturated heterocycles. The van der Waals surface area contributed by atoms with Gasteiger partial charge in [-0.1, -0.05) is 66.7 Å². The van der Waals surface area contributed by atoms with E-state index in [-0.39, 0.29) is 24.1 Å². The molecule has 1 aromatic heterocycles. The summed E-state index contributed by atoms with van der Waals surface area (Å²) >= 11 is 2.81. The van der Waals surface area contributed by atoms with Crippen LogP contribution < -0.4 is 10.6 Å². The second-order valence-electron chi connectivity index (χ2n) is 9.33. The molecule has 200 valence electrons. The monoisotopic (exact) mass is 559 g/mol. The van der Waals surface area contributed by atoms with Crippen LogP contribution in [0, 0.1) is 6.92 Å². The first-order valence-corrected chi connectivity index (χ1v) is 14.6. The number of fused-ring (bicyclic) bond motifs is 3. The van der Waals surface area contributed by atoms with Crippen molar-refractivity contribution in [2.24, 2.45) is 9.98 Å². The quantitative estimate of drug-likeness (QED) is 0.402. The molecule has 8 nitrogen and oxygen atoms in total. The standard InChI is InChI=1S/C29H29N5O3S2/c1-3-24(27(36)31-16-19-12-10-18(2)11-13-19)39-29-33-22-9-5-4-8-21(22)26-32-23(28(37)34(26)29)15-25(35)30-17-20-7-6-14-38-20/h4-14,23-24H,3,15-17H2,1-2H3,(H,30,35)(H,31,36). The van der Waals surface area contributed by atoms with E-state index < -0.39 is 11.3 Å². The number of rotatable bonds is 9. The fourth-order valence-corrected chi connectivity index (χ4v) is 6.01. The van der Waals surface area contributed by atoms with Crippen LogP contribution in [0.2, 0.25) is 0 Å². The van der Waals surface area contributed by atoms with Crippen LogP contribution in [0.5, 0.6) is 0 Å². The number of para-hydroxylation sites is 1. The summed E-state index contributed by atoms with van der Waals surface area (Å²) in [7, 11) is 0. The van der Waals surface area contributed by atoms with E-state index >= 15 is 0 Å². The van der Waals surface area contributed by atoms with Crippen molar-refractivity contribution in [3.05, 3.63) is 87.6 Å². The smallest absolute Gasteiger partial charge is 0.259 e. The number of amides is 3. The highest BCUT2D eigenvalue weighted by atomic mass is 32.2. The fourth-order valence-electron chi connectivity index (χ4n) is 4.32. The third-order valence-electron chi connectivity index (χ3n) is 6.46. The highest BCUT2D eigenvalue weighted by Gasteiger charge is 2.43. The minimum Gasteiger partial charge on any atom is -0.351 e. The zero-order valence-electron chi connectivity index (χ0n) is 21.7. The van der Waals surface area contributed by atoms with Gasteiger partial charge in [0.05, 0.1) is 23.9 Å². The number of hydrogen-bond acceptors (Lipinski definition) is 7. The van der Waals surface area contributed by atoms with Crippen molar-refractivity contribution in [1.29, 1.82) is 0 Å². The zero-order chi connectivity index (χ0) is 27.4. The van der Waals surface area contributed by atoms with Crippen molar-refractivity contribution in [3.63, 3.8) is 0 Å². The maximum Gasteiger partial charge on any atom is 0.259 e. The van der Waals surface area contributed by atoms with E-state index in [1.54, 1.807) is 11.3 Å². The van der Waals surface area contributed by atoms with E-state index in [4.69, 9.17) is 4.99 Å². The van der Waals surface area contributed by atoms with E-state index in [1.807, 2.05) is 79.9 Å². The molecule has 0 radical (unpaired) electrons. The number of thioether (sulfide) groups is 1. The molecule has 2 aromatic carbocycles. The van der Waals surface area contributed by atoms with Crippen LogP contribution in [0.15, 0.2) is 76.0 Å². The molecular weight excluding hydrogens is 530 g/mol. The molecule has 0 aliphatic carbocycles. The van der Waals surface area contributed by atoms with Crippen molar-refractivity contribution in [1.82, 2.24) is 15.5 Å². The SMILES string of the molecule is CCC(SC1=Nc2ccccc2C2=NC(CC(=O)NCc3cccs3)C(=O)N12)C(=O)NCc1ccc(C)cc1. The minimum absolute atomic E-state index is 0.0570. The first-order chi connectivity index (χ1) is 18.9. The van der Waals surface area contributed by atoms with Crippen molar-refractivity contribution >= 4 is 57.5 Å². The number of carbonyl (C=O) groups excluding carboxylic acids is 3. The summed E-state index contributed by atoms with van der Waals surface area (Å²) in [5, 5.41) is 7.78. The molecule has 0 spiro atoms. The van der Waals surface area contributed by atoms with Crippen LogP contribution in [-0.2, 0) is 27.5 Å². The molecule has 0 fully saturated rings. The van der Waals surface area contributed by atoms with Gasteiger partial charge >= 0.3 is 0 Å². The Labute approximate surface area is 235 Å². The lowest BCUT2D eigenvalue weighted by Crippen LogP contribution is -2.43. The molecule has 0 bridgehead atoms. The summed E-state index contributed by atoms with van der Waals surface area (Å²) in [6, 6.07) is 18.5. The van der Waals surface area contributed by atoms with E-state index in [0.717, 1.165) is 21.6 Å². The van der Waals surface area contributed by atoms with Crippen molar-refractivity contribution < 1.29 is 14.4 Å². The molecule has 3 aromatic rings. The molecular formula is C29H29N5O3S2. The summed E-state index contributed by atoms with van der Waals surface area (Å²) in [5.41, 5.74) is 3.59. The van der Waals surface area contributed by atoms with Crippen LogP contribution in [0.25, 0.3) is 0 Å². The summed E-state index contributed by atoms with van der Waals surface area (Å²) < 4.78 is 0. The molecule has 2 atom stereocenters. The number of nitrogens with zero attached hydrogens (tertiary/aromatic N) is 3. The van der Waals surface area contributed by atoms with Gasteiger partial charge in [-0.3, -0.25) is 19.4 Å². The molecule has 3 amide bonds. The Morgan fingerprint density at radius 2 is 1.85 bits per heavy atom. The van der Waals surface area contributed by atoms with Gasteiger partial charge in [-0.2, -0.15) is 0 Å². The second kappa shape index (κ2) is 12.0. The predicted octanol–water partition coefficient (Wildman–Crippen LogP) is 4.55. The van der Waals surface area contributed by atoms with Gasteiger partial charge in [-0.05, 0) is 42.5 Å². The van der Waals surface area contributed by atoms with Gasteiger partial charge in [0.1, 0.15) is 11.9 Å². The van der Waals surface area contributed by atoms with Crippen LogP contribution in [-0.4, -0.2) is 44.9 Å². The number of thiophene rings is 1. The molecule has 10 heteroatoms. The zero-order valence-corrected chi connectivity index (χ0v) is 23.3. The topological polar surface area (TPSA) is 103 Å². The lowest BCUT2D eigenvalue weighted by molar-refractivity contribution is -0.128. The Hall–Kier alpha value is -3.76. The van der Waals surface area contributed by atoms with Gasteiger partial charge in [-0.25, -0.2) is 9.89 Å². The molecule has 39 heavy (non-hydrogen) atoms. The van der Waals surface area contributed by atoms with Gasteiger partial charge < -0.3 is 10.6 Å². The third kappa shape index (κ3) is 6.12. The molecule has 0 saturated carbocycles. The summed E-state index contributed by atoms with van der Waals surface area (Å²) in [6.45, 7) is 4.79. The predicted molar refractivity (Wildman–Crippen MR) is 156 cm³/mol. The fraction of sp³-hybridized carbons (Fsp3) is 0.276. The van der Waals surface area contributed by atoms with Gasteiger partial charge in [0.15, 0.2) is 5.17 Å². The van der Waals surface area contributed by atoms with Crippen LogP contribution >= 0.6 is 23.1 Å². The third-order valence-corrected chi connectivity index (χ3v) is 8.66. The first-order valence-electron chi connectivity index (χ1n) is 12.8. The molecule has 3 heterocycles. The Bertz CT molecular complexity index is 1430. The Morgan fingerprint density at radius 3 is 2.59 bits per heavy atom. The molecule has 2 unspecified atom stereocenters.